The van der Waals surface area contributed by atoms with E-state index in [2.05, 4.69) is 0 Å². The first-order chi connectivity index (χ1) is 7.32. The Hall–Kier alpha value is -1.63. The Bertz CT molecular complexity index is 392. The SMILES string of the molecule is O=[N+]([O-])C[C@@H](O)c1ccccc1C(F)(F)F. The van der Waals surface area contributed by atoms with Crippen molar-refractivity contribution in [1.29, 1.82) is 0 Å². The summed E-state index contributed by atoms with van der Waals surface area (Å²) in [7, 11) is 0. The quantitative estimate of drug-likeness (QED) is 0.643. The van der Waals surface area contributed by atoms with Crippen LogP contribution in [0.2, 0.25) is 0 Å². The molecule has 0 unspecified atom stereocenters. The number of aliphatic hydroxyl groups is 1. The van der Waals surface area contributed by atoms with E-state index in [0.29, 0.717) is 0 Å². The van der Waals surface area contributed by atoms with Gasteiger partial charge in [-0.25, -0.2) is 0 Å². The molecule has 0 saturated carbocycles. The zero-order valence-electron chi connectivity index (χ0n) is 7.94. The molecule has 1 N–H and O–H groups in total. The van der Waals surface area contributed by atoms with Crippen molar-refractivity contribution in [3.05, 3.63) is 45.5 Å². The highest BCUT2D eigenvalue weighted by Gasteiger charge is 2.35. The Balaban J connectivity index is 3.08. The second-order valence-corrected chi connectivity index (χ2v) is 3.12. The Morgan fingerprint density at radius 3 is 2.44 bits per heavy atom. The summed E-state index contributed by atoms with van der Waals surface area (Å²) in [6.45, 7) is -0.951. The molecular weight excluding hydrogens is 227 g/mol. The maximum absolute atomic E-state index is 12.5. The summed E-state index contributed by atoms with van der Waals surface area (Å²) in [4.78, 5) is 9.25. The third-order valence-corrected chi connectivity index (χ3v) is 1.95. The average molecular weight is 235 g/mol. The van der Waals surface area contributed by atoms with E-state index in [1.165, 1.54) is 6.07 Å². The van der Waals surface area contributed by atoms with Crippen LogP contribution < -0.4 is 0 Å². The summed E-state index contributed by atoms with van der Waals surface area (Å²) in [5, 5.41) is 19.4. The van der Waals surface area contributed by atoms with Gasteiger partial charge in [0.05, 0.1) is 5.56 Å². The van der Waals surface area contributed by atoms with Gasteiger partial charge in [0, 0.05) is 4.92 Å². The van der Waals surface area contributed by atoms with Crippen LogP contribution in [0.1, 0.15) is 17.2 Å². The normalized spacial score (nSPS) is 13.5. The van der Waals surface area contributed by atoms with E-state index in [4.69, 9.17) is 0 Å². The van der Waals surface area contributed by atoms with E-state index in [-0.39, 0.29) is 0 Å². The molecule has 16 heavy (non-hydrogen) atoms. The van der Waals surface area contributed by atoms with E-state index >= 15 is 0 Å². The lowest BCUT2D eigenvalue weighted by atomic mass is 10.0. The van der Waals surface area contributed by atoms with Crippen molar-refractivity contribution < 1.29 is 23.2 Å². The zero-order chi connectivity index (χ0) is 12.3. The Labute approximate surface area is 88.5 Å². The number of nitrogens with zero attached hydrogens (tertiary/aromatic N) is 1. The highest BCUT2D eigenvalue weighted by molar-refractivity contribution is 5.31. The second-order valence-electron chi connectivity index (χ2n) is 3.12. The van der Waals surface area contributed by atoms with Crippen molar-refractivity contribution in [2.45, 2.75) is 12.3 Å². The monoisotopic (exact) mass is 235 g/mol. The summed E-state index contributed by atoms with van der Waals surface area (Å²) in [5.74, 6) is 0. The molecule has 0 bridgehead atoms. The van der Waals surface area contributed by atoms with E-state index in [9.17, 15) is 28.4 Å². The fourth-order valence-corrected chi connectivity index (χ4v) is 1.29. The average Bonchev–Trinajstić information content (AvgIpc) is 2.15. The minimum atomic E-state index is -4.63. The van der Waals surface area contributed by atoms with Crippen molar-refractivity contribution in [1.82, 2.24) is 0 Å². The first-order valence-electron chi connectivity index (χ1n) is 4.28. The highest BCUT2D eigenvalue weighted by atomic mass is 19.4. The Morgan fingerprint density at radius 2 is 1.94 bits per heavy atom. The van der Waals surface area contributed by atoms with Crippen molar-refractivity contribution in [2.24, 2.45) is 0 Å². The van der Waals surface area contributed by atoms with Crippen molar-refractivity contribution >= 4 is 0 Å². The Kier molecular flexibility index (Phi) is 3.48. The molecule has 1 aromatic rings. The summed E-state index contributed by atoms with van der Waals surface area (Å²) >= 11 is 0. The molecule has 0 aliphatic heterocycles. The molecule has 88 valence electrons. The maximum Gasteiger partial charge on any atom is 0.416 e. The van der Waals surface area contributed by atoms with Crippen LogP contribution in [-0.4, -0.2) is 16.6 Å². The molecule has 0 aliphatic rings. The zero-order valence-corrected chi connectivity index (χ0v) is 7.94. The van der Waals surface area contributed by atoms with Gasteiger partial charge in [-0.1, -0.05) is 18.2 Å². The van der Waals surface area contributed by atoms with Crippen LogP contribution in [0.5, 0.6) is 0 Å². The molecule has 0 radical (unpaired) electrons. The van der Waals surface area contributed by atoms with Gasteiger partial charge in [-0.15, -0.1) is 0 Å². The second kappa shape index (κ2) is 4.48. The van der Waals surface area contributed by atoms with E-state index in [1.54, 1.807) is 0 Å². The lowest BCUT2D eigenvalue weighted by molar-refractivity contribution is -0.491. The number of halogens is 3. The number of benzene rings is 1. The van der Waals surface area contributed by atoms with Crippen LogP contribution in [0.4, 0.5) is 13.2 Å². The molecule has 0 saturated heterocycles. The standard InChI is InChI=1S/C9H8F3NO3/c10-9(11,12)7-4-2-1-3-6(7)8(14)5-13(15)16/h1-4,8,14H,5H2/t8-/m1/s1. The molecule has 1 atom stereocenters. The molecule has 7 heteroatoms. The molecule has 0 heterocycles. The van der Waals surface area contributed by atoms with Gasteiger partial charge in [0.15, 0.2) is 0 Å². The molecule has 0 aromatic heterocycles. The van der Waals surface area contributed by atoms with Gasteiger partial charge in [-0.3, -0.25) is 10.1 Å². The van der Waals surface area contributed by atoms with E-state index in [0.717, 1.165) is 18.2 Å². The van der Waals surface area contributed by atoms with Crippen LogP contribution in [0.25, 0.3) is 0 Å². The smallest absolute Gasteiger partial charge is 0.381 e. The van der Waals surface area contributed by atoms with Gasteiger partial charge >= 0.3 is 6.18 Å². The van der Waals surface area contributed by atoms with Crippen LogP contribution >= 0.6 is 0 Å². The van der Waals surface area contributed by atoms with Crippen LogP contribution in [0.3, 0.4) is 0 Å². The molecule has 0 aliphatic carbocycles. The van der Waals surface area contributed by atoms with E-state index in [1.807, 2.05) is 0 Å². The maximum atomic E-state index is 12.5. The van der Waals surface area contributed by atoms with Gasteiger partial charge < -0.3 is 5.11 Å². The van der Waals surface area contributed by atoms with Gasteiger partial charge in [0.2, 0.25) is 6.54 Å². The van der Waals surface area contributed by atoms with Gasteiger partial charge in [-0.2, -0.15) is 13.2 Å². The third-order valence-electron chi connectivity index (χ3n) is 1.95. The van der Waals surface area contributed by atoms with Gasteiger partial charge in [-0.05, 0) is 11.6 Å². The molecular formula is C9H8F3NO3. The lowest BCUT2D eigenvalue weighted by Gasteiger charge is -2.14. The van der Waals surface area contributed by atoms with Crippen LogP contribution in [0.15, 0.2) is 24.3 Å². The topological polar surface area (TPSA) is 63.4 Å². The van der Waals surface area contributed by atoms with Crippen LogP contribution in [-0.2, 0) is 6.18 Å². The van der Waals surface area contributed by atoms with Crippen molar-refractivity contribution in [3.63, 3.8) is 0 Å². The number of alkyl halides is 3. The lowest BCUT2D eigenvalue weighted by Crippen LogP contribution is -2.17. The summed E-state index contributed by atoms with van der Waals surface area (Å²) in [5.41, 5.74) is -1.53. The first-order valence-corrected chi connectivity index (χ1v) is 4.28. The summed E-state index contributed by atoms with van der Waals surface area (Å²) in [6, 6.07) is 4.24. The predicted octanol–water partition coefficient (Wildman–Crippen LogP) is 2.02. The van der Waals surface area contributed by atoms with E-state index < -0.39 is 34.9 Å². The minimum Gasteiger partial charge on any atom is -0.381 e. The third kappa shape index (κ3) is 2.93. The molecule has 0 amide bonds. The first kappa shape index (κ1) is 12.4. The fourth-order valence-electron chi connectivity index (χ4n) is 1.29. The molecule has 0 spiro atoms. The summed E-state index contributed by atoms with van der Waals surface area (Å²) < 4.78 is 37.4. The fraction of sp³-hybridized carbons (Fsp3) is 0.333. The number of rotatable bonds is 3. The Morgan fingerprint density at radius 1 is 1.38 bits per heavy atom. The minimum absolute atomic E-state index is 0.480. The molecule has 1 rings (SSSR count). The predicted molar refractivity (Wildman–Crippen MR) is 48.3 cm³/mol. The summed E-state index contributed by atoms with van der Waals surface area (Å²) in [6.07, 6.45) is -6.39. The number of hydrogen-bond donors (Lipinski definition) is 1. The van der Waals surface area contributed by atoms with Crippen molar-refractivity contribution in [3.8, 4) is 0 Å². The van der Waals surface area contributed by atoms with Crippen molar-refractivity contribution in [2.75, 3.05) is 6.54 Å². The number of nitro groups is 1. The largest absolute Gasteiger partial charge is 0.416 e. The van der Waals surface area contributed by atoms with Gasteiger partial charge in [0.25, 0.3) is 0 Å². The van der Waals surface area contributed by atoms with Gasteiger partial charge in [0.1, 0.15) is 6.10 Å². The molecule has 1 aromatic carbocycles. The van der Waals surface area contributed by atoms with Crippen LogP contribution in [0, 0.1) is 10.1 Å². The molecule has 4 nitrogen and oxygen atoms in total. The number of aliphatic hydroxyl groups excluding tert-OH is 1. The highest BCUT2D eigenvalue weighted by Crippen LogP contribution is 2.34. The number of hydrogen-bond acceptors (Lipinski definition) is 3. The molecule has 0 fully saturated rings.